The van der Waals surface area contributed by atoms with Crippen molar-refractivity contribution in [3.8, 4) is 0 Å². The molecule has 0 heterocycles. The first-order valence-electron chi connectivity index (χ1n) is 3.27. The quantitative estimate of drug-likeness (QED) is 0.256. The highest BCUT2D eigenvalue weighted by molar-refractivity contribution is 7.09. The van der Waals surface area contributed by atoms with Crippen molar-refractivity contribution < 1.29 is 24.1 Å². The van der Waals surface area contributed by atoms with Crippen molar-refractivity contribution in [1.29, 1.82) is 0 Å². The van der Waals surface area contributed by atoms with Crippen LogP contribution >= 0.6 is 9.47 Å². The zero-order valence-corrected chi connectivity index (χ0v) is 7.76. The first-order valence-corrected chi connectivity index (χ1v) is 3.74. The molecule has 1 atom stereocenters. The first-order chi connectivity index (χ1) is 5.35. The highest BCUT2D eigenvalue weighted by Gasteiger charge is 2.08. The van der Waals surface area contributed by atoms with Crippen LogP contribution in [0, 0.1) is 0 Å². The maximum atomic E-state index is 4.58. The minimum Gasteiger partial charge on any atom is -0.310 e. The molecule has 0 amide bonds. The van der Waals surface area contributed by atoms with Gasteiger partial charge >= 0.3 is 6.48 Å². The van der Waals surface area contributed by atoms with Gasteiger partial charge in [-0.25, -0.2) is 9.78 Å². The Hall–Kier alpha value is 0.230. The summed E-state index contributed by atoms with van der Waals surface area (Å²) in [5.74, 6) is 0. The van der Waals surface area contributed by atoms with Crippen LogP contribution in [0.25, 0.3) is 0 Å². The summed E-state index contributed by atoms with van der Waals surface area (Å²) in [5, 5.41) is 0. The molecule has 0 rings (SSSR count). The molecule has 0 bridgehead atoms. The van der Waals surface area contributed by atoms with Crippen molar-refractivity contribution in [2.75, 3.05) is 13.2 Å². The predicted octanol–water partition coefficient (Wildman–Crippen LogP) is 1.01. The van der Waals surface area contributed by atoms with Gasteiger partial charge in [-0.2, -0.15) is 9.78 Å². The van der Waals surface area contributed by atoms with Gasteiger partial charge in [-0.15, -0.1) is 0 Å². The highest BCUT2D eigenvalue weighted by Crippen LogP contribution is 2.03. The second-order valence-corrected chi connectivity index (χ2v) is 1.70. The molecule has 0 aliphatic heterocycles. The van der Waals surface area contributed by atoms with E-state index in [-0.39, 0.29) is 0 Å². The predicted molar refractivity (Wildman–Crippen MR) is 40.0 cm³/mol. The Balaban J connectivity index is 3.25. The molecule has 0 radical (unpaired) electrons. The van der Waals surface area contributed by atoms with E-state index in [0.717, 1.165) is 0 Å². The zero-order valence-electron chi connectivity index (χ0n) is 6.61. The summed E-state index contributed by atoms with van der Waals surface area (Å²) in [6.45, 7) is 3.43. The van der Waals surface area contributed by atoms with Crippen LogP contribution in [0.5, 0.6) is 0 Å². The third-order valence-electron chi connectivity index (χ3n) is 0.640. The lowest BCUT2D eigenvalue weighted by molar-refractivity contribution is -0.502. The molecule has 0 saturated carbocycles. The van der Waals surface area contributed by atoms with Crippen LogP contribution < -0.4 is 0 Å². The van der Waals surface area contributed by atoms with E-state index in [1.807, 2.05) is 9.47 Å². The van der Waals surface area contributed by atoms with Gasteiger partial charge in [0.05, 0.1) is 13.2 Å². The van der Waals surface area contributed by atoms with E-state index in [0.29, 0.717) is 13.2 Å². The first kappa shape index (κ1) is 11.2. The molecular weight excluding hydrogens is 171 g/mol. The van der Waals surface area contributed by atoms with Crippen molar-refractivity contribution in [1.82, 2.24) is 0 Å². The maximum Gasteiger partial charge on any atom is 0.331 e. The summed E-state index contributed by atoms with van der Waals surface area (Å²) < 4.78 is 4.58. The summed E-state index contributed by atoms with van der Waals surface area (Å²) >= 11 is 0. The van der Waals surface area contributed by atoms with E-state index in [4.69, 9.17) is 0 Å². The lowest BCUT2D eigenvalue weighted by Crippen LogP contribution is -2.17. The smallest absolute Gasteiger partial charge is 0.310 e. The second kappa shape index (κ2) is 8.33. The van der Waals surface area contributed by atoms with Crippen LogP contribution in [0.4, 0.5) is 0 Å². The average molecular weight is 184 g/mol. The summed E-state index contributed by atoms with van der Waals surface area (Å²) in [5.41, 5.74) is 0. The number of hydrogen-bond acceptors (Lipinski definition) is 5. The monoisotopic (exact) mass is 184 g/mol. The van der Waals surface area contributed by atoms with Crippen LogP contribution in [-0.4, -0.2) is 19.7 Å². The molecule has 11 heavy (non-hydrogen) atoms. The fourth-order valence-corrected chi connectivity index (χ4v) is 0.399. The molecule has 0 N–H and O–H groups in total. The van der Waals surface area contributed by atoms with Crippen LogP contribution in [0.2, 0.25) is 0 Å². The van der Waals surface area contributed by atoms with Crippen LogP contribution in [-0.2, 0) is 24.1 Å². The lowest BCUT2D eigenvalue weighted by Gasteiger charge is -2.12. The minimum atomic E-state index is -0.958. The van der Waals surface area contributed by atoms with Gasteiger partial charge in [0.2, 0.25) is 0 Å². The van der Waals surface area contributed by atoms with E-state index < -0.39 is 6.48 Å². The number of hydrogen-bond donors (Lipinski definition) is 0. The molecule has 68 valence electrons. The average Bonchev–Trinajstić information content (AvgIpc) is 2.05. The molecule has 0 aliphatic carbocycles. The van der Waals surface area contributed by atoms with Gasteiger partial charge in [-0.3, -0.25) is 0 Å². The lowest BCUT2D eigenvalue weighted by atomic mass is 10.9. The van der Waals surface area contributed by atoms with Gasteiger partial charge in [-0.1, -0.05) is 0 Å². The Bertz CT molecular complexity index is 73.3. The largest absolute Gasteiger partial charge is 0.331 e. The summed E-state index contributed by atoms with van der Waals surface area (Å²) in [7, 11) is 1.97. The van der Waals surface area contributed by atoms with E-state index in [1.54, 1.807) is 13.8 Å². The Morgan fingerprint density at radius 3 is 1.82 bits per heavy atom. The molecule has 1 unspecified atom stereocenters. The third-order valence-corrected chi connectivity index (χ3v) is 0.862. The molecule has 0 aliphatic rings. The minimum absolute atomic E-state index is 0.417. The van der Waals surface area contributed by atoms with Gasteiger partial charge in [0.1, 0.15) is 0 Å². The van der Waals surface area contributed by atoms with Gasteiger partial charge in [-0.05, 0) is 13.8 Å². The molecule has 6 heteroatoms. The molecule has 0 aromatic heterocycles. The fraction of sp³-hybridized carbons (Fsp3) is 1.00. The molecule has 0 saturated heterocycles. The van der Waals surface area contributed by atoms with E-state index >= 15 is 0 Å². The van der Waals surface area contributed by atoms with E-state index in [9.17, 15) is 0 Å². The van der Waals surface area contributed by atoms with Gasteiger partial charge in [0.25, 0.3) is 0 Å². The molecule has 0 spiro atoms. The standard InChI is InChI=1S/C5H13O5P/c1-3-6-8-5(10-11)9-7-4-2/h5H,3-4,11H2,1-2H3. The number of rotatable bonds is 7. The van der Waals surface area contributed by atoms with E-state index in [1.165, 1.54) is 0 Å². The van der Waals surface area contributed by atoms with Crippen molar-refractivity contribution in [2.24, 2.45) is 0 Å². The van der Waals surface area contributed by atoms with Crippen LogP contribution in [0.15, 0.2) is 0 Å². The van der Waals surface area contributed by atoms with Crippen molar-refractivity contribution in [3.63, 3.8) is 0 Å². The highest BCUT2D eigenvalue weighted by atomic mass is 31.0. The van der Waals surface area contributed by atoms with Crippen LogP contribution in [0.3, 0.4) is 0 Å². The van der Waals surface area contributed by atoms with Gasteiger partial charge in [0.15, 0.2) is 0 Å². The van der Waals surface area contributed by atoms with E-state index in [2.05, 4.69) is 24.1 Å². The fourth-order valence-electron chi connectivity index (χ4n) is 0.309. The zero-order chi connectivity index (χ0) is 8.53. The summed E-state index contributed by atoms with van der Waals surface area (Å²) in [4.78, 5) is 18.2. The van der Waals surface area contributed by atoms with Crippen molar-refractivity contribution in [2.45, 2.75) is 20.3 Å². The molecule has 5 nitrogen and oxygen atoms in total. The molecule has 0 aromatic rings. The topological polar surface area (TPSA) is 46.2 Å². The summed E-state index contributed by atoms with van der Waals surface area (Å²) in [6, 6.07) is 0. The Labute approximate surface area is 68.0 Å². The Kier molecular flexibility index (Phi) is 8.50. The molecule has 0 fully saturated rings. The SMILES string of the molecule is CCOOC(OP)OOCC. The van der Waals surface area contributed by atoms with Crippen molar-refractivity contribution in [3.05, 3.63) is 0 Å². The second-order valence-electron chi connectivity index (χ2n) is 1.43. The molecule has 0 aromatic carbocycles. The Morgan fingerprint density at radius 2 is 1.55 bits per heavy atom. The third kappa shape index (κ3) is 6.62. The maximum absolute atomic E-state index is 4.58. The summed E-state index contributed by atoms with van der Waals surface area (Å²) in [6.07, 6.45) is 0. The molecular formula is C5H13O5P. The van der Waals surface area contributed by atoms with Crippen LogP contribution in [0.1, 0.15) is 13.8 Å². The Morgan fingerprint density at radius 1 is 1.09 bits per heavy atom. The normalized spacial score (nSPS) is 10.9. The van der Waals surface area contributed by atoms with Crippen molar-refractivity contribution >= 4 is 9.47 Å². The van der Waals surface area contributed by atoms with Gasteiger partial charge in [0, 0.05) is 9.47 Å². The van der Waals surface area contributed by atoms with Gasteiger partial charge < -0.3 is 4.52 Å².